The van der Waals surface area contributed by atoms with Crippen molar-refractivity contribution in [3.8, 4) is 0 Å². The molecule has 2 fully saturated rings. The molecule has 2 rings (SSSR count). The molecule has 6 heteroatoms. The van der Waals surface area contributed by atoms with Crippen LogP contribution >= 0.6 is 0 Å². The molecule has 1 aliphatic carbocycles. The predicted octanol–water partition coefficient (Wildman–Crippen LogP) is 1.04. The van der Waals surface area contributed by atoms with Crippen LogP contribution in [0.15, 0.2) is 0 Å². The zero-order valence-corrected chi connectivity index (χ0v) is 11.7. The monoisotopic (exact) mass is 283 g/mol. The topological polar surface area (TPSA) is 83.9 Å². The highest BCUT2D eigenvalue weighted by atomic mass is 16.5. The fraction of sp³-hybridized carbons (Fsp3) is 0.786. The molecule has 1 heterocycles. The number of nitrogens with zero attached hydrogens (tertiary/aromatic N) is 1. The van der Waals surface area contributed by atoms with Crippen molar-refractivity contribution < 1.29 is 24.2 Å². The lowest BCUT2D eigenvalue weighted by Gasteiger charge is -2.36. The second-order valence-corrected chi connectivity index (χ2v) is 5.55. The summed E-state index contributed by atoms with van der Waals surface area (Å²) in [4.78, 5) is 37.1. The first-order valence-electron chi connectivity index (χ1n) is 7.17. The Morgan fingerprint density at radius 3 is 2.40 bits per heavy atom. The molecule has 6 nitrogen and oxygen atoms in total. The Morgan fingerprint density at radius 1 is 1.05 bits per heavy atom. The van der Waals surface area contributed by atoms with E-state index in [4.69, 9.17) is 4.74 Å². The van der Waals surface area contributed by atoms with Crippen molar-refractivity contribution >= 4 is 17.8 Å². The minimum absolute atomic E-state index is 0.190. The molecule has 2 aliphatic rings. The van der Waals surface area contributed by atoms with Crippen LogP contribution in [0.3, 0.4) is 0 Å². The zero-order chi connectivity index (χ0) is 14.7. The Kier molecular flexibility index (Phi) is 4.62. The lowest BCUT2D eigenvalue weighted by molar-refractivity contribution is -0.158. The molecule has 1 amide bonds. The summed E-state index contributed by atoms with van der Waals surface area (Å²) in [5.74, 6) is -2.60. The molecule has 0 aromatic carbocycles. The smallest absolute Gasteiger partial charge is 0.328 e. The van der Waals surface area contributed by atoms with Crippen molar-refractivity contribution in [3.05, 3.63) is 0 Å². The largest absolute Gasteiger partial charge is 0.481 e. The van der Waals surface area contributed by atoms with Gasteiger partial charge >= 0.3 is 11.9 Å². The van der Waals surface area contributed by atoms with Gasteiger partial charge in [-0.15, -0.1) is 0 Å². The van der Waals surface area contributed by atoms with Crippen LogP contribution < -0.4 is 0 Å². The van der Waals surface area contributed by atoms with Crippen LogP contribution in [0.2, 0.25) is 0 Å². The second kappa shape index (κ2) is 6.24. The van der Waals surface area contributed by atoms with Gasteiger partial charge in [0.2, 0.25) is 5.91 Å². The first-order chi connectivity index (χ1) is 9.56. The van der Waals surface area contributed by atoms with Crippen LogP contribution in [0.5, 0.6) is 0 Å². The number of hydrogen-bond donors (Lipinski definition) is 1. The molecule has 0 aromatic heterocycles. The van der Waals surface area contributed by atoms with Crippen molar-refractivity contribution in [2.24, 2.45) is 11.8 Å². The van der Waals surface area contributed by atoms with Crippen LogP contribution in [-0.2, 0) is 19.1 Å². The van der Waals surface area contributed by atoms with E-state index in [1.165, 1.54) is 7.11 Å². The Hall–Kier alpha value is -1.59. The number of likely N-dealkylation sites (tertiary alicyclic amines) is 1. The molecular weight excluding hydrogens is 262 g/mol. The highest BCUT2D eigenvalue weighted by molar-refractivity contribution is 5.89. The summed E-state index contributed by atoms with van der Waals surface area (Å²) in [7, 11) is 1.31. The third-order valence-electron chi connectivity index (χ3n) is 4.41. The summed E-state index contributed by atoms with van der Waals surface area (Å²) < 4.78 is 4.76. The summed E-state index contributed by atoms with van der Waals surface area (Å²) in [6.07, 6.45) is 4.23. The Morgan fingerprint density at radius 2 is 1.75 bits per heavy atom. The molecule has 0 spiro atoms. The summed E-state index contributed by atoms with van der Waals surface area (Å²) in [5, 5.41) is 9.19. The highest BCUT2D eigenvalue weighted by Gasteiger charge is 2.43. The molecule has 3 unspecified atom stereocenters. The number of carbonyl (C=O) groups excluding carboxylic acids is 2. The van der Waals surface area contributed by atoms with Crippen molar-refractivity contribution in [2.75, 3.05) is 13.7 Å². The average Bonchev–Trinajstić information content (AvgIpc) is 2.95. The Bertz CT molecular complexity index is 408. The molecular formula is C14H21NO5. The van der Waals surface area contributed by atoms with Gasteiger partial charge in [-0.25, -0.2) is 4.79 Å². The number of rotatable bonds is 3. The third kappa shape index (κ3) is 2.78. The van der Waals surface area contributed by atoms with Gasteiger partial charge in [0.05, 0.1) is 18.9 Å². The number of piperidine rings is 1. The maximum Gasteiger partial charge on any atom is 0.328 e. The second-order valence-electron chi connectivity index (χ2n) is 5.55. The van der Waals surface area contributed by atoms with Gasteiger partial charge in [-0.3, -0.25) is 9.59 Å². The number of hydrogen-bond acceptors (Lipinski definition) is 4. The minimum atomic E-state index is -0.910. The third-order valence-corrected chi connectivity index (χ3v) is 4.41. The molecule has 0 bridgehead atoms. The van der Waals surface area contributed by atoms with E-state index in [-0.39, 0.29) is 5.91 Å². The molecule has 3 atom stereocenters. The van der Waals surface area contributed by atoms with E-state index in [1.54, 1.807) is 4.90 Å². The average molecular weight is 283 g/mol. The Balaban J connectivity index is 2.13. The number of carbonyl (C=O) groups is 3. The Labute approximate surface area is 118 Å². The van der Waals surface area contributed by atoms with E-state index < -0.39 is 29.8 Å². The van der Waals surface area contributed by atoms with E-state index >= 15 is 0 Å². The molecule has 1 N–H and O–H groups in total. The number of aliphatic carboxylic acids is 1. The van der Waals surface area contributed by atoms with Crippen LogP contribution in [0.1, 0.15) is 38.5 Å². The fourth-order valence-electron chi connectivity index (χ4n) is 3.34. The number of esters is 1. The quantitative estimate of drug-likeness (QED) is 0.782. The van der Waals surface area contributed by atoms with Crippen molar-refractivity contribution in [2.45, 2.75) is 44.6 Å². The van der Waals surface area contributed by atoms with E-state index in [2.05, 4.69) is 0 Å². The van der Waals surface area contributed by atoms with Crippen LogP contribution in [-0.4, -0.2) is 47.5 Å². The van der Waals surface area contributed by atoms with Crippen LogP contribution in [0.4, 0.5) is 0 Å². The standard InChI is InChI=1S/C14H21NO5/c1-20-14(19)11-7-2-3-8-15(11)12(16)9-5-4-6-10(9)13(17)18/h9-11H,2-8H2,1H3,(H,17,18). The van der Waals surface area contributed by atoms with E-state index in [0.29, 0.717) is 25.8 Å². The van der Waals surface area contributed by atoms with Gasteiger partial charge in [0.25, 0.3) is 0 Å². The molecule has 1 aliphatic heterocycles. The first-order valence-corrected chi connectivity index (χ1v) is 7.17. The van der Waals surface area contributed by atoms with Crippen LogP contribution in [0, 0.1) is 11.8 Å². The van der Waals surface area contributed by atoms with Gasteiger partial charge in [-0.1, -0.05) is 6.42 Å². The number of amides is 1. The van der Waals surface area contributed by atoms with Gasteiger partial charge in [-0.2, -0.15) is 0 Å². The van der Waals surface area contributed by atoms with E-state index in [9.17, 15) is 19.5 Å². The maximum absolute atomic E-state index is 12.6. The van der Waals surface area contributed by atoms with Gasteiger partial charge in [0, 0.05) is 6.54 Å². The SMILES string of the molecule is COC(=O)C1CCCCN1C(=O)C1CCCC1C(=O)O. The lowest BCUT2D eigenvalue weighted by atomic mass is 9.92. The number of carboxylic acids is 1. The first kappa shape index (κ1) is 14.8. The van der Waals surface area contributed by atoms with E-state index in [1.807, 2.05) is 0 Å². The zero-order valence-electron chi connectivity index (χ0n) is 11.7. The molecule has 0 aromatic rings. The summed E-state index contributed by atoms with van der Waals surface area (Å²) >= 11 is 0. The lowest BCUT2D eigenvalue weighted by Crippen LogP contribution is -2.51. The van der Waals surface area contributed by atoms with Gasteiger partial charge in [0.1, 0.15) is 6.04 Å². The fourth-order valence-corrected chi connectivity index (χ4v) is 3.34. The highest BCUT2D eigenvalue weighted by Crippen LogP contribution is 2.35. The maximum atomic E-state index is 12.6. The van der Waals surface area contributed by atoms with Gasteiger partial charge < -0.3 is 14.7 Å². The van der Waals surface area contributed by atoms with E-state index in [0.717, 1.165) is 19.3 Å². The summed E-state index contributed by atoms with van der Waals surface area (Å²) in [6.45, 7) is 0.515. The van der Waals surface area contributed by atoms with Gasteiger partial charge in [-0.05, 0) is 32.1 Å². The number of ether oxygens (including phenoxy) is 1. The number of methoxy groups -OCH3 is 1. The molecule has 1 saturated heterocycles. The van der Waals surface area contributed by atoms with Crippen molar-refractivity contribution in [1.82, 2.24) is 4.90 Å². The predicted molar refractivity (Wildman–Crippen MR) is 69.8 cm³/mol. The molecule has 20 heavy (non-hydrogen) atoms. The molecule has 1 saturated carbocycles. The molecule has 112 valence electrons. The molecule has 0 radical (unpaired) electrons. The summed E-state index contributed by atoms with van der Waals surface area (Å²) in [5.41, 5.74) is 0. The van der Waals surface area contributed by atoms with Crippen molar-refractivity contribution in [3.63, 3.8) is 0 Å². The minimum Gasteiger partial charge on any atom is -0.481 e. The summed E-state index contributed by atoms with van der Waals surface area (Å²) in [6, 6.07) is -0.545. The van der Waals surface area contributed by atoms with Gasteiger partial charge in [0.15, 0.2) is 0 Å². The van der Waals surface area contributed by atoms with Crippen LogP contribution in [0.25, 0.3) is 0 Å². The van der Waals surface area contributed by atoms with Crippen molar-refractivity contribution in [1.29, 1.82) is 0 Å². The normalized spacial score (nSPS) is 30.1. The number of carboxylic acid groups (broad SMARTS) is 1.